The van der Waals surface area contributed by atoms with Crippen molar-refractivity contribution in [1.29, 1.82) is 0 Å². The molecule has 0 spiro atoms. The molecule has 0 amide bonds. The number of halogens is 2. The van der Waals surface area contributed by atoms with Crippen LogP contribution in [0.1, 0.15) is 24.8 Å². The van der Waals surface area contributed by atoms with Crippen LogP contribution in [0.15, 0.2) is 29.3 Å². The molecule has 124 valence electrons. The van der Waals surface area contributed by atoms with Gasteiger partial charge in [-0.1, -0.05) is 12.1 Å². The van der Waals surface area contributed by atoms with Crippen LogP contribution >= 0.6 is 35.7 Å². The first-order chi connectivity index (χ1) is 10.3. The Bertz CT molecular complexity index is 464. The number of rotatable bonds is 5. The van der Waals surface area contributed by atoms with Gasteiger partial charge in [-0.05, 0) is 49.1 Å². The van der Waals surface area contributed by atoms with Crippen LogP contribution in [0.2, 0.25) is 0 Å². The first kappa shape index (κ1) is 19.5. The molecular weight excluding hydrogens is 412 g/mol. The third-order valence-corrected chi connectivity index (χ3v) is 4.76. The molecule has 6 heteroatoms. The van der Waals surface area contributed by atoms with E-state index in [0.717, 1.165) is 36.7 Å². The Morgan fingerprint density at radius 2 is 2.32 bits per heavy atom. The SMILES string of the molecule is CN=C(NCCCc1cccc(F)c1)NC1CCCSC1.I. The standard InChI is InChI=1S/C16H24FN3S.HI/c1-18-16(20-15-8-4-10-21-12-15)19-9-3-6-13-5-2-7-14(17)11-13;/h2,5,7,11,15H,3-4,6,8-10,12H2,1H3,(H2,18,19,20);1H. The van der Waals surface area contributed by atoms with Gasteiger partial charge < -0.3 is 10.6 Å². The fourth-order valence-corrected chi connectivity index (χ4v) is 3.51. The average molecular weight is 437 g/mol. The van der Waals surface area contributed by atoms with Crippen molar-refractivity contribution in [2.45, 2.75) is 31.7 Å². The van der Waals surface area contributed by atoms with E-state index in [1.165, 1.54) is 24.7 Å². The molecule has 1 fully saturated rings. The molecule has 0 aromatic heterocycles. The number of nitrogens with one attached hydrogen (secondary N) is 2. The molecule has 1 aliphatic heterocycles. The second-order valence-corrected chi connectivity index (χ2v) is 6.44. The minimum absolute atomic E-state index is 0. The molecule has 1 atom stereocenters. The van der Waals surface area contributed by atoms with E-state index in [4.69, 9.17) is 0 Å². The first-order valence-corrected chi connectivity index (χ1v) is 8.73. The van der Waals surface area contributed by atoms with Crippen LogP contribution in [0.25, 0.3) is 0 Å². The molecule has 2 rings (SSSR count). The van der Waals surface area contributed by atoms with Crippen LogP contribution < -0.4 is 10.6 Å². The van der Waals surface area contributed by atoms with Crippen LogP contribution in [-0.2, 0) is 6.42 Å². The van der Waals surface area contributed by atoms with Gasteiger partial charge in [0.25, 0.3) is 0 Å². The highest BCUT2D eigenvalue weighted by atomic mass is 127. The lowest BCUT2D eigenvalue weighted by molar-refractivity contribution is 0.580. The van der Waals surface area contributed by atoms with Crippen LogP contribution in [0.4, 0.5) is 4.39 Å². The molecule has 0 saturated carbocycles. The molecule has 0 radical (unpaired) electrons. The molecule has 2 N–H and O–H groups in total. The highest BCUT2D eigenvalue weighted by Crippen LogP contribution is 2.16. The van der Waals surface area contributed by atoms with Crippen molar-refractivity contribution in [3.05, 3.63) is 35.6 Å². The van der Waals surface area contributed by atoms with Crippen molar-refractivity contribution >= 4 is 41.7 Å². The van der Waals surface area contributed by atoms with Gasteiger partial charge in [0.05, 0.1) is 0 Å². The highest BCUT2D eigenvalue weighted by molar-refractivity contribution is 14.0. The number of hydrogen-bond acceptors (Lipinski definition) is 2. The Hall–Kier alpha value is -0.500. The summed E-state index contributed by atoms with van der Waals surface area (Å²) in [4.78, 5) is 4.27. The monoisotopic (exact) mass is 437 g/mol. The largest absolute Gasteiger partial charge is 0.356 e. The number of hydrogen-bond donors (Lipinski definition) is 2. The third kappa shape index (κ3) is 7.17. The maximum Gasteiger partial charge on any atom is 0.191 e. The molecule has 0 bridgehead atoms. The van der Waals surface area contributed by atoms with Crippen molar-refractivity contribution in [3.8, 4) is 0 Å². The van der Waals surface area contributed by atoms with Crippen molar-refractivity contribution < 1.29 is 4.39 Å². The van der Waals surface area contributed by atoms with Gasteiger partial charge in [0.15, 0.2) is 5.96 Å². The number of benzene rings is 1. The maximum atomic E-state index is 13.1. The minimum atomic E-state index is -0.160. The number of aryl methyl sites for hydroxylation is 1. The Morgan fingerprint density at radius 1 is 1.45 bits per heavy atom. The van der Waals surface area contributed by atoms with Crippen LogP contribution in [0.3, 0.4) is 0 Å². The van der Waals surface area contributed by atoms with E-state index in [-0.39, 0.29) is 29.8 Å². The lowest BCUT2D eigenvalue weighted by Gasteiger charge is -2.24. The maximum absolute atomic E-state index is 13.1. The van der Waals surface area contributed by atoms with Gasteiger partial charge >= 0.3 is 0 Å². The summed E-state index contributed by atoms with van der Waals surface area (Å²) < 4.78 is 13.1. The normalized spacial score (nSPS) is 18.5. The molecular formula is C16H25FIN3S. The zero-order valence-corrected chi connectivity index (χ0v) is 16.1. The Kier molecular flexibility index (Phi) is 9.86. The topological polar surface area (TPSA) is 36.4 Å². The average Bonchev–Trinajstić information content (AvgIpc) is 2.51. The lowest BCUT2D eigenvalue weighted by Crippen LogP contribution is -2.45. The van der Waals surface area contributed by atoms with E-state index in [2.05, 4.69) is 15.6 Å². The zero-order chi connectivity index (χ0) is 14.9. The van der Waals surface area contributed by atoms with Crippen molar-refractivity contribution in [2.24, 2.45) is 4.99 Å². The molecule has 3 nitrogen and oxygen atoms in total. The molecule has 1 heterocycles. The van der Waals surface area contributed by atoms with E-state index in [1.54, 1.807) is 19.2 Å². The Morgan fingerprint density at radius 3 is 3.00 bits per heavy atom. The number of nitrogens with zero attached hydrogens (tertiary/aromatic N) is 1. The van der Waals surface area contributed by atoms with E-state index >= 15 is 0 Å². The van der Waals surface area contributed by atoms with Gasteiger partial charge in [-0.2, -0.15) is 11.8 Å². The summed E-state index contributed by atoms with van der Waals surface area (Å²) in [5, 5.41) is 6.81. The molecule has 1 aromatic carbocycles. The van der Waals surface area contributed by atoms with E-state index < -0.39 is 0 Å². The number of guanidine groups is 1. The van der Waals surface area contributed by atoms with Gasteiger partial charge in [0, 0.05) is 25.4 Å². The van der Waals surface area contributed by atoms with Gasteiger partial charge in [0.2, 0.25) is 0 Å². The summed E-state index contributed by atoms with van der Waals surface area (Å²) >= 11 is 2.00. The second-order valence-electron chi connectivity index (χ2n) is 5.29. The summed E-state index contributed by atoms with van der Waals surface area (Å²) in [6.45, 7) is 0.843. The smallest absolute Gasteiger partial charge is 0.191 e. The minimum Gasteiger partial charge on any atom is -0.356 e. The van der Waals surface area contributed by atoms with E-state index in [0.29, 0.717) is 6.04 Å². The molecule has 1 aromatic rings. The van der Waals surface area contributed by atoms with E-state index in [9.17, 15) is 4.39 Å². The second kappa shape index (κ2) is 11.1. The summed E-state index contributed by atoms with van der Waals surface area (Å²) in [5.41, 5.74) is 1.04. The molecule has 1 unspecified atom stereocenters. The molecule has 0 aliphatic carbocycles. The number of aliphatic imine (C=N–C) groups is 1. The highest BCUT2D eigenvalue weighted by Gasteiger charge is 2.14. The fraction of sp³-hybridized carbons (Fsp3) is 0.562. The van der Waals surface area contributed by atoms with Gasteiger partial charge in [-0.25, -0.2) is 4.39 Å². The Labute approximate surface area is 154 Å². The van der Waals surface area contributed by atoms with Crippen molar-refractivity contribution in [2.75, 3.05) is 25.1 Å². The summed E-state index contributed by atoms with van der Waals surface area (Å²) in [7, 11) is 1.80. The van der Waals surface area contributed by atoms with Gasteiger partial charge in [-0.15, -0.1) is 24.0 Å². The molecule has 1 saturated heterocycles. The van der Waals surface area contributed by atoms with Crippen LogP contribution in [-0.4, -0.2) is 37.1 Å². The molecule has 1 aliphatic rings. The summed E-state index contributed by atoms with van der Waals surface area (Å²) in [6, 6.07) is 7.34. The summed E-state index contributed by atoms with van der Waals surface area (Å²) in [6.07, 6.45) is 4.33. The number of thioether (sulfide) groups is 1. The fourth-order valence-electron chi connectivity index (χ4n) is 2.43. The van der Waals surface area contributed by atoms with Crippen molar-refractivity contribution in [1.82, 2.24) is 10.6 Å². The third-order valence-electron chi connectivity index (χ3n) is 3.55. The van der Waals surface area contributed by atoms with Crippen LogP contribution in [0.5, 0.6) is 0 Å². The molecule has 22 heavy (non-hydrogen) atoms. The van der Waals surface area contributed by atoms with Gasteiger partial charge in [-0.3, -0.25) is 4.99 Å². The quantitative estimate of drug-likeness (QED) is 0.321. The van der Waals surface area contributed by atoms with E-state index in [1.807, 2.05) is 17.8 Å². The predicted molar refractivity (Wildman–Crippen MR) is 105 cm³/mol. The predicted octanol–water partition coefficient (Wildman–Crippen LogP) is 3.44. The van der Waals surface area contributed by atoms with Crippen molar-refractivity contribution in [3.63, 3.8) is 0 Å². The lowest BCUT2D eigenvalue weighted by atomic mass is 10.1. The zero-order valence-electron chi connectivity index (χ0n) is 13.0. The Balaban J connectivity index is 0.00000242. The van der Waals surface area contributed by atoms with Gasteiger partial charge in [0.1, 0.15) is 5.82 Å². The van der Waals surface area contributed by atoms with Crippen LogP contribution in [0, 0.1) is 5.82 Å². The first-order valence-electron chi connectivity index (χ1n) is 7.57. The summed E-state index contributed by atoms with van der Waals surface area (Å²) in [5.74, 6) is 3.15.